The fourth-order valence-corrected chi connectivity index (χ4v) is 2.22. The fourth-order valence-electron chi connectivity index (χ4n) is 2.22. The lowest BCUT2D eigenvalue weighted by molar-refractivity contribution is 0.0609. The van der Waals surface area contributed by atoms with Crippen LogP contribution in [0.2, 0.25) is 0 Å². The Morgan fingerprint density at radius 3 is 2.20 bits per heavy atom. The molecule has 1 aromatic carbocycles. The first-order valence-corrected chi connectivity index (χ1v) is 6.15. The molecule has 0 radical (unpaired) electrons. The van der Waals surface area contributed by atoms with Crippen LogP contribution < -0.4 is 5.32 Å². The van der Waals surface area contributed by atoms with Gasteiger partial charge in [0, 0.05) is 18.7 Å². The average Bonchev–Trinajstić information content (AvgIpc) is 2.68. The molecule has 0 aromatic heterocycles. The molecular formula is C14H14N2O4. The summed E-state index contributed by atoms with van der Waals surface area (Å²) in [5, 5.41) is 2.40. The van der Waals surface area contributed by atoms with Crippen LogP contribution in [0.4, 0.5) is 0 Å². The SMILES string of the molecule is CNC(=O)c1cc2c(cc1C=O)C(=O)N(C(C)C)C2=O. The maximum Gasteiger partial charge on any atom is 0.261 e. The maximum atomic E-state index is 12.2. The van der Waals surface area contributed by atoms with Gasteiger partial charge in [0.1, 0.15) is 0 Å². The lowest BCUT2D eigenvalue weighted by Crippen LogP contribution is -2.35. The molecule has 1 heterocycles. The van der Waals surface area contributed by atoms with Crippen molar-refractivity contribution in [2.45, 2.75) is 19.9 Å². The number of amides is 3. The minimum atomic E-state index is -0.474. The van der Waals surface area contributed by atoms with E-state index in [4.69, 9.17) is 0 Å². The molecule has 6 nitrogen and oxygen atoms in total. The van der Waals surface area contributed by atoms with Crippen LogP contribution in [0.5, 0.6) is 0 Å². The van der Waals surface area contributed by atoms with Crippen LogP contribution in [-0.2, 0) is 0 Å². The molecule has 0 atom stereocenters. The minimum Gasteiger partial charge on any atom is -0.355 e. The zero-order valence-electron chi connectivity index (χ0n) is 11.4. The number of carbonyl (C=O) groups excluding carboxylic acids is 4. The van der Waals surface area contributed by atoms with Gasteiger partial charge in [0.15, 0.2) is 6.29 Å². The third kappa shape index (κ3) is 1.89. The van der Waals surface area contributed by atoms with Crippen molar-refractivity contribution in [3.8, 4) is 0 Å². The van der Waals surface area contributed by atoms with Gasteiger partial charge in [0.05, 0.1) is 16.7 Å². The number of carbonyl (C=O) groups is 4. The Bertz CT molecular complexity index is 634. The Labute approximate surface area is 115 Å². The zero-order valence-corrected chi connectivity index (χ0v) is 11.4. The molecule has 20 heavy (non-hydrogen) atoms. The second-order valence-corrected chi connectivity index (χ2v) is 4.76. The number of nitrogens with one attached hydrogen (secondary N) is 1. The molecule has 0 saturated carbocycles. The summed E-state index contributed by atoms with van der Waals surface area (Å²) in [6.07, 6.45) is 0.501. The normalized spacial score (nSPS) is 13.7. The Hall–Kier alpha value is -2.50. The molecule has 0 fully saturated rings. The van der Waals surface area contributed by atoms with Crippen molar-refractivity contribution in [2.24, 2.45) is 0 Å². The van der Waals surface area contributed by atoms with E-state index in [-0.39, 0.29) is 28.3 Å². The third-order valence-corrected chi connectivity index (χ3v) is 3.20. The summed E-state index contributed by atoms with van der Waals surface area (Å²) in [6.45, 7) is 3.45. The van der Waals surface area contributed by atoms with Crippen molar-refractivity contribution in [1.82, 2.24) is 10.2 Å². The highest BCUT2D eigenvalue weighted by atomic mass is 16.2. The van der Waals surface area contributed by atoms with Crippen molar-refractivity contribution in [1.29, 1.82) is 0 Å². The van der Waals surface area contributed by atoms with E-state index in [1.165, 1.54) is 19.2 Å². The minimum absolute atomic E-state index is 0.0907. The Morgan fingerprint density at radius 2 is 1.75 bits per heavy atom. The van der Waals surface area contributed by atoms with E-state index >= 15 is 0 Å². The van der Waals surface area contributed by atoms with Gasteiger partial charge in [-0.1, -0.05) is 0 Å². The molecule has 3 amide bonds. The summed E-state index contributed by atoms with van der Waals surface area (Å²) in [5.41, 5.74) is 0.509. The molecule has 0 bridgehead atoms. The van der Waals surface area contributed by atoms with E-state index in [2.05, 4.69) is 5.32 Å². The van der Waals surface area contributed by atoms with Gasteiger partial charge in [-0.15, -0.1) is 0 Å². The predicted molar refractivity (Wildman–Crippen MR) is 70.9 cm³/mol. The number of hydrogen-bond acceptors (Lipinski definition) is 4. The van der Waals surface area contributed by atoms with Crippen LogP contribution in [-0.4, -0.2) is 42.0 Å². The smallest absolute Gasteiger partial charge is 0.261 e. The van der Waals surface area contributed by atoms with E-state index in [0.29, 0.717) is 6.29 Å². The van der Waals surface area contributed by atoms with Crippen LogP contribution in [0.1, 0.15) is 55.3 Å². The highest BCUT2D eigenvalue weighted by molar-refractivity contribution is 6.23. The van der Waals surface area contributed by atoms with Crippen LogP contribution >= 0.6 is 0 Å². The summed E-state index contributed by atoms with van der Waals surface area (Å²) in [7, 11) is 1.43. The van der Waals surface area contributed by atoms with E-state index in [9.17, 15) is 19.2 Å². The van der Waals surface area contributed by atoms with Crippen molar-refractivity contribution in [3.05, 3.63) is 34.4 Å². The molecule has 2 rings (SSSR count). The summed E-state index contributed by atoms with van der Waals surface area (Å²) in [6, 6.07) is 2.32. The summed E-state index contributed by atoms with van der Waals surface area (Å²) >= 11 is 0. The number of benzene rings is 1. The quantitative estimate of drug-likeness (QED) is 0.654. The van der Waals surface area contributed by atoms with Crippen molar-refractivity contribution in [3.63, 3.8) is 0 Å². The van der Waals surface area contributed by atoms with Crippen molar-refractivity contribution >= 4 is 24.0 Å². The van der Waals surface area contributed by atoms with E-state index < -0.39 is 17.7 Å². The molecule has 0 aliphatic carbocycles. The van der Waals surface area contributed by atoms with Crippen LogP contribution in [0.25, 0.3) is 0 Å². The molecule has 1 aromatic rings. The summed E-state index contributed by atoms with van der Waals surface area (Å²) in [4.78, 5) is 48.2. The van der Waals surface area contributed by atoms with Gasteiger partial charge < -0.3 is 5.32 Å². The zero-order chi connectivity index (χ0) is 15.0. The van der Waals surface area contributed by atoms with E-state index in [1.54, 1.807) is 13.8 Å². The first kappa shape index (κ1) is 13.9. The van der Waals surface area contributed by atoms with Crippen molar-refractivity contribution < 1.29 is 19.2 Å². The maximum absolute atomic E-state index is 12.2. The van der Waals surface area contributed by atoms with Gasteiger partial charge in [-0.05, 0) is 26.0 Å². The van der Waals surface area contributed by atoms with Crippen LogP contribution in [0.3, 0.4) is 0 Å². The first-order valence-electron chi connectivity index (χ1n) is 6.15. The highest BCUT2D eigenvalue weighted by Crippen LogP contribution is 2.27. The summed E-state index contributed by atoms with van der Waals surface area (Å²) in [5.74, 6) is -1.35. The topological polar surface area (TPSA) is 83.6 Å². The Morgan fingerprint density at radius 1 is 1.20 bits per heavy atom. The molecular weight excluding hydrogens is 260 g/mol. The summed E-state index contributed by atoms with van der Waals surface area (Å²) < 4.78 is 0. The van der Waals surface area contributed by atoms with Gasteiger partial charge >= 0.3 is 0 Å². The third-order valence-electron chi connectivity index (χ3n) is 3.20. The van der Waals surface area contributed by atoms with Crippen LogP contribution in [0, 0.1) is 0 Å². The molecule has 104 valence electrons. The van der Waals surface area contributed by atoms with Gasteiger partial charge in [-0.25, -0.2) is 0 Å². The second-order valence-electron chi connectivity index (χ2n) is 4.76. The van der Waals surface area contributed by atoms with E-state index in [1.807, 2.05) is 0 Å². The van der Waals surface area contributed by atoms with Crippen LogP contribution in [0.15, 0.2) is 12.1 Å². The number of imide groups is 1. The molecule has 0 unspecified atom stereocenters. The van der Waals surface area contributed by atoms with E-state index in [0.717, 1.165) is 4.90 Å². The Balaban J connectivity index is 2.64. The number of nitrogens with zero attached hydrogens (tertiary/aromatic N) is 1. The van der Waals surface area contributed by atoms with Gasteiger partial charge in [0.25, 0.3) is 17.7 Å². The first-order chi connectivity index (χ1) is 9.42. The molecule has 6 heteroatoms. The average molecular weight is 274 g/mol. The second kappa shape index (κ2) is 4.88. The number of rotatable bonds is 3. The fraction of sp³-hybridized carbons (Fsp3) is 0.286. The molecule has 0 saturated heterocycles. The number of fused-ring (bicyclic) bond motifs is 1. The van der Waals surface area contributed by atoms with Gasteiger partial charge in [-0.3, -0.25) is 24.1 Å². The number of hydrogen-bond donors (Lipinski definition) is 1. The highest BCUT2D eigenvalue weighted by Gasteiger charge is 2.38. The number of aldehydes is 1. The molecule has 1 N–H and O–H groups in total. The van der Waals surface area contributed by atoms with Gasteiger partial charge in [0.2, 0.25) is 0 Å². The largest absolute Gasteiger partial charge is 0.355 e. The molecule has 0 spiro atoms. The van der Waals surface area contributed by atoms with Gasteiger partial charge in [-0.2, -0.15) is 0 Å². The standard InChI is InChI=1S/C14H14N2O4/c1-7(2)16-13(19)10-4-8(6-17)9(12(18)15-3)5-11(10)14(16)20/h4-7H,1-3H3,(H,15,18). The lowest BCUT2D eigenvalue weighted by atomic mass is 9.99. The lowest BCUT2D eigenvalue weighted by Gasteiger charge is -2.17. The monoisotopic (exact) mass is 274 g/mol. The van der Waals surface area contributed by atoms with Crippen molar-refractivity contribution in [2.75, 3.05) is 7.05 Å². The molecule has 1 aliphatic rings. The predicted octanol–water partition coefficient (Wildman–Crippen LogP) is 0.863. The Kier molecular flexibility index (Phi) is 3.40. The molecule has 1 aliphatic heterocycles.